The predicted molar refractivity (Wildman–Crippen MR) is 67.6 cm³/mol. The Bertz CT molecular complexity index is 491. The molecule has 0 aliphatic rings. The quantitative estimate of drug-likeness (QED) is 0.871. The Balaban J connectivity index is 2.52. The number of nitrogens with zero attached hydrogens (tertiary/aromatic N) is 2. The molecular weight excluding hydrogens is 214 g/mol. The summed E-state index contributed by atoms with van der Waals surface area (Å²) in [4.78, 5) is 0. The average molecular weight is 231 g/mol. The van der Waals surface area contributed by atoms with Crippen molar-refractivity contribution in [2.24, 2.45) is 5.73 Å². The maximum absolute atomic E-state index is 5.61. The highest BCUT2D eigenvalue weighted by Gasteiger charge is 2.15. The van der Waals surface area contributed by atoms with E-state index in [0.717, 1.165) is 29.2 Å². The molecule has 2 N–H and O–H groups in total. The monoisotopic (exact) mass is 231 g/mol. The summed E-state index contributed by atoms with van der Waals surface area (Å²) in [5.74, 6) is 0.777. The number of rotatable bonds is 4. The van der Waals surface area contributed by atoms with E-state index in [9.17, 15) is 0 Å². The summed E-state index contributed by atoms with van der Waals surface area (Å²) in [6.45, 7) is 2.57. The zero-order chi connectivity index (χ0) is 12.3. The van der Waals surface area contributed by atoms with Crippen molar-refractivity contribution in [1.82, 2.24) is 9.78 Å². The first-order valence-corrected chi connectivity index (χ1v) is 5.66. The summed E-state index contributed by atoms with van der Waals surface area (Å²) in [7, 11) is 1.66. The van der Waals surface area contributed by atoms with Crippen LogP contribution in [0.1, 0.15) is 11.3 Å². The molecule has 4 heteroatoms. The lowest BCUT2D eigenvalue weighted by molar-refractivity contribution is 0.379. The third-order valence-corrected chi connectivity index (χ3v) is 2.73. The Hall–Kier alpha value is -1.81. The third-order valence-electron chi connectivity index (χ3n) is 2.73. The van der Waals surface area contributed by atoms with Gasteiger partial charge in [0.25, 0.3) is 0 Å². The molecule has 0 saturated heterocycles. The molecule has 0 amide bonds. The van der Waals surface area contributed by atoms with Gasteiger partial charge in [-0.05, 0) is 32.0 Å². The first-order chi connectivity index (χ1) is 8.27. The van der Waals surface area contributed by atoms with Crippen molar-refractivity contribution < 1.29 is 4.74 Å². The van der Waals surface area contributed by atoms with Gasteiger partial charge in [-0.3, -0.25) is 0 Å². The van der Waals surface area contributed by atoms with Gasteiger partial charge in [-0.25, -0.2) is 4.68 Å². The van der Waals surface area contributed by atoms with Gasteiger partial charge in [-0.1, -0.05) is 18.2 Å². The van der Waals surface area contributed by atoms with Crippen molar-refractivity contribution in [3.05, 3.63) is 41.6 Å². The van der Waals surface area contributed by atoms with Crippen LogP contribution in [0.15, 0.2) is 30.3 Å². The number of benzene rings is 1. The lowest BCUT2D eigenvalue weighted by atomic mass is 10.2. The lowest BCUT2D eigenvalue weighted by Crippen LogP contribution is -2.05. The van der Waals surface area contributed by atoms with Gasteiger partial charge in [0.05, 0.1) is 18.5 Å². The van der Waals surface area contributed by atoms with Crippen LogP contribution in [0.25, 0.3) is 5.69 Å². The molecule has 0 radical (unpaired) electrons. The topological polar surface area (TPSA) is 53.1 Å². The lowest BCUT2D eigenvalue weighted by Gasteiger charge is -2.07. The first kappa shape index (κ1) is 11.7. The fourth-order valence-corrected chi connectivity index (χ4v) is 1.92. The minimum absolute atomic E-state index is 0.595. The molecule has 0 saturated carbocycles. The van der Waals surface area contributed by atoms with Gasteiger partial charge in [0.1, 0.15) is 0 Å². The second-order valence-electron chi connectivity index (χ2n) is 3.86. The summed E-state index contributed by atoms with van der Waals surface area (Å²) in [5.41, 5.74) is 8.66. The minimum atomic E-state index is 0.595. The molecule has 0 unspecified atom stereocenters. The van der Waals surface area contributed by atoms with Crippen molar-refractivity contribution in [2.75, 3.05) is 13.7 Å². The second-order valence-corrected chi connectivity index (χ2v) is 3.86. The fourth-order valence-electron chi connectivity index (χ4n) is 1.92. The van der Waals surface area contributed by atoms with Crippen molar-refractivity contribution in [3.63, 3.8) is 0 Å². The fraction of sp³-hybridized carbons (Fsp3) is 0.308. The molecule has 1 aromatic heterocycles. The summed E-state index contributed by atoms with van der Waals surface area (Å²) in [6, 6.07) is 9.94. The molecule has 0 bridgehead atoms. The maximum Gasteiger partial charge on any atom is 0.219 e. The Morgan fingerprint density at radius 3 is 2.59 bits per heavy atom. The normalized spacial score (nSPS) is 10.5. The van der Waals surface area contributed by atoms with Gasteiger partial charge in [0, 0.05) is 5.56 Å². The van der Waals surface area contributed by atoms with E-state index in [4.69, 9.17) is 10.5 Å². The van der Waals surface area contributed by atoms with Gasteiger partial charge < -0.3 is 10.5 Å². The Kier molecular flexibility index (Phi) is 3.44. The van der Waals surface area contributed by atoms with E-state index in [1.165, 1.54) is 0 Å². The molecular formula is C13H17N3O. The van der Waals surface area contributed by atoms with E-state index < -0.39 is 0 Å². The number of aromatic nitrogens is 2. The second kappa shape index (κ2) is 5.01. The van der Waals surface area contributed by atoms with Crippen LogP contribution in [-0.4, -0.2) is 23.4 Å². The van der Waals surface area contributed by atoms with Crippen molar-refractivity contribution >= 4 is 0 Å². The molecule has 17 heavy (non-hydrogen) atoms. The van der Waals surface area contributed by atoms with Crippen molar-refractivity contribution in [2.45, 2.75) is 13.3 Å². The molecule has 1 aromatic carbocycles. The van der Waals surface area contributed by atoms with Gasteiger partial charge in [0.15, 0.2) is 0 Å². The summed E-state index contributed by atoms with van der Waals surface area (Å²) in [6.07, 6.45) is 0.780. The van der Waals surface area contributed by atoms with Crippen LogP contribution >= 0.6 is 0 Å². The van der Waals surface area contributed by atoms with Crippen LogP contribution < -0.4 is 10.5 Å². The molecule has 0 aliphatic carbocycles. The van der Waals surface area contributed by atoms with E-state index in [1.807, 2.05) is 41.9 Å². The van der Waals surface area contributed by atoms with Gasteiger partial charge in [-0.2, -0.15) is 5.10 Å². The summed E-state index contributed by atoms with van der Waals surface area (Å²) in [5, 5.41) is 4.51. The highest BCUT2D eigenvalue weighted by Crippen LogP contribution is 2.25. The largest absolute Gasteiger partial charge is 0.481 e. The first-order valence-electron chi connectivity index (χ1n) is 5.66. The molecule has 90 valence electrons. The number of para-hydroxylation sites is 1. The highest BCUT2D eigenvalue weighted by molar-refractivity contribution is 5.41. The Labute approximate surface area is 101 Å². The van der Waals surface area contributed by atoms with Crippen LogP contribution in [0.5, 0.6) is 5.88 Å². The predicted octanol–water partition coefficient (Wildman–Crippen LogP) is 1.69. The Morgan fingerprint density at radius 2 is 2.00 bits per heavy atom. The number of ether oxygens (including phenoxy) is 1. The van der Waals surface area contributed by atoms with Crippen LogP contribution in [0, 0.1) is 6.92 Å². The number of hydrogen-bond donors (Lipinski definition) is 1. The number of hydrogen-bond acceptors (Lipinski definition) is 3. The molecule has 4 nitrogen and oxygen atoms in total. The highest BCUT2D eigenvalue weighted by atomic mass is 16.5. The number of methoxy groups -OCH3 is 1. The Morgan fingerprint density at radius 1 is 1.29 bits per heavy atom. The van der Waals surface area contributed by atoms with E-state index in [-0.39, 0.29) is 0 Å². The van der Waals surface area contributed by atoms with Gasteiger partial charge in [-0.15, -0.1) is 0 Å². The molecule has 2 aromatic rings. The van der Waals surface area contributed by atoms with Crippen LogP contribution in [0.4, 0.5) is 0 Å². The molecule has 0 fully saturated rings. The zero-order valence-corrected chi connectivity index (χ0v) is 10.2. The zero-order valence-electron chi connectivity index (χ0n) is 10.2. The third kappa shape index (κ3) is 2.17. The minimum Gasteiger partial charge on any atom is -0.481 e. The van der Waals surface area contributed by atoms with Gasteiger partial charge >= 0.3 is 0 Å². The van der Waals surface area contributed by atoms with Crippen molar-refractivity contribution in [3.8, 4) is 11.6 Å². The maximum atomic E-state index is 5.61. The van der Waals surface area contributed by atoms with E-state index in [2.05, 4.69) is 5.10 Å². The summed E-state index contributed by atoms with van der Waals surface area (Å²) >= 11 is 0. The van der Waals surface area contributed by atoms with Gasteiger partial charge in [0.2, 0.25) is 5.88 Å². The van der Waals surface area contributed by atoms with E-state index >= 15 is 0 Å². The molecule has 0 spiro atoms. The number of nitrogens with two attached hydrogens (primary N) is 1. The van der Waals surface area contributed by atoms with E-state index in [0.29, 0.717) is 6.54 Å². The molecule has 2 rings (SSSR count). The van der Waals surface area contributed by atoms with Crippen LogP contribution in [0.3, 0.4) is 0 Å². The van der Waals surface area contributed by atoms with Crippen molar-refractivity contribution in [1.29, 1.82) is 0 Å². The summed E-state index contributed by atoms with van der Waals surface area (Å²) < 4.78 is 7.27. The van der Waals surface area contributed by atoms with E-state index in [1.54, 1.807) is 7.11 Å². The SMILES string of the molecule is COc1c(CCN)c(C)nn1-c1ccccc1. The van der Waals surface area contributed by atoms with Crippen LogP contribution in [0.2, 0.25) is 0 Å². The molecule has 1 heterocycles. The number of aryl methyl sites for hydroxylation is 1. The molecule has 0 atom stereocenters. The average Bonchev–Trinajstić information content (AvgIpc) is 2.68. The smallest absolute Gasteiger partial charge is 0.219 e. The standard InChI is InChI=1S/C13H17N3O/c1-10-12(8-9-14)13(17-2)16(15-10)11-6-4-3-5-7-11/h3-7H,8-9,14H2,1-2H3. The molecule has 0 aliphatic heterocycles. The van der Waals surface area contributed by atoms with Crippen LogP contribution in [-0.2, 0) is 6.42 Å².